The van der Waals surface area contributed by atoms with Crippen LogP contribution < -0.4 is 9.80 Å². The highest BCUT2D eigenvalue weighted by atomic mass is 19.1. The lowest BCUT2D eigenvalue weighted by atomic mass is 10.1. The second kappa shape index (κ2) is 6.92. The molecule has 0 unspecified atom stereocenters. The van der Waals surface area contributed by atoms with Crippen LogP contribution in [0.25, 0.3) is 0 Å². The smallest absolute Gasteiger partial charge is 0.269 e. The van der Waals surface area contributed by atoms with Gasteiger partial charge in [0, 0.05) is 17.8 Å². The van der Waals surface area contributed by atoms with Crippen molar-refractivity contribution in [2.75, 3.05) is 31.1 Å². The molecule has 1 saturated heterocycles. The second-order valence-corrected chi connectivity index (χ2v) is 5.89. The maximum atomic E-state index is 13.7. The van der Waals surface area contributed by atoms with Crippen LogP contribution in [-0.4, -0.2) is 31.1 Å². The topological polar surface area (TPSA) is 50.8 Å². The van der Waals surface area contributed by atoms with Crippen molar-refractivity contribution < 1.29 is 18.6 Å². The molecule has 1 N–H and O–H groups in total. The zero-order valence-corrected chi connectivity index (χ0v) is 13.0. The summed E-state index contributed by atoms with van der Waals surface area (Å²) in [7, 11) is 0. The van der Waals surface area contributed by atoms with E-state index in [2.05, 4.69) is 4.90 Å². The fraction of sp³-hybridized carbons (Fsp3) is 0.294. The lowest BCUT2D eigenvalue weighted by Gasteiger charge is -2.33. The maximum absolute atomic E-state index is 13.7. The lowest BCUT2D eigenvalue weighted by molar-refractivity contribution is -0.914. The van der Waals surface area contributed by atoms with E-state index in [0.717, 1.165) is 36.8 Å². The fourth-order valence-electron chi connectivity index (χ4n) is 2.99. The molecular formula is C17H18F2N3O2+. The number of nitrogens with one attached hydrogen (secondary N) is 1. The Bertz CT molecular complexity index is 709. The minimum Gasteiger partial charge on any atom is -0.360 e. The van der Waals surface area contributed by atoms with Crippen LogP contribution in [-0.2, 0) is 6.54 Å². The Labute approximate surface area is 138 Å². The Hall–Kier alpha value is -2.54. The van der Waals surface area contributed by atoms with Gasteiger partial charge in [-0.05, 0) is 24.3 Å². The average Bonchev–Trinajstić information content (AvgIpc) is 2.59. The maximum Gasteiger partial charge on any atom is 0.269 e. The number of anilines is 1. The molecule has 0 amide bonds. The van der Waals surface area contributed by atoms with Crippen LogP contribution in [0.4, 0.5) is 20.2 Å². The predicted molar refractivity (Wildman–Crippen MR) is 86.1 cm³/mol. The highest BCUT2D eigenvalue weighted by Gasteiger charge is 2.23. The van der Waals surface area contributed by atoms with E-state index in [4.69, 9.17) is 0 Å². The van der Waals surface area contributed by atoms with Gasteiger partial charge in [-0.25, -0.2) is 8.78 Å². The van der Waals surface area contributed by atoms with Gasteiger partial charge in [-0.3, -0.25) is 10.1 Å². The third-order valence-corrected chi connectivity index (χ3v) is 4.38. The van der Waals surface area contributed by atoms with Crippen LogP contribution in [0.5, 0.6) is 0 Å². The van der Waals surface area contributed by atoms with E-state index in [1.165, 1.54) is 30.3 Å². The van der Waals surface area contributed by atoms with Crippen LogP contribution >= 0.6 is 0 Å². The fourth-order valence-corrected chi connectivity index (χ4v) is 2.99. The van der Waals surface area contributed by atoms with E-state index in [-0.39, 0.29) is 11.3 Å². The minimum atomic E-state index is -0.500. The first-order chi connectivity index (χ1) is 11.5. The molecule has 7 heteroatoms. The van der Waals surface area contributed by atoms with Crippen molar-refractivity contribution in [1.29, 1.82) is 0 Å². The molecule has 2 aromatic carbocycles. The van der Waals surface area contributed by atoms with E-state index in [0.29, 0.717) is 6.54 Å². The highest BCUT2D eigenvalue weighted by molar-refractivity contribution is 5.51. The molecule has 24 heavy (non-hydrogen) atoms. The number of benzene rings is 2. The SMILES string of the molecule is O=[N+]([O-])c1ccc(N2CC[NH+](Cc3c(F)cccc3F)CC2)cc1. The summed E-state index contributed by atoms with van der Waals surface area (Å²) in [6, 6.07) is 10.4. The van der Waals surface area contributed by atoms with Gasteiger partial charge < -0.3 is 9.80 Å². The molecule has 1 fully saturated rings. The Morgan fingerprint density at radius 1 is 1.04 bits per heavy atom. The van der Waals surface area contributed by atoms with E-state index in [1.807, 2.05) is 0 Å². The van der Waals surface area contributed by atoms with Crippen molar-refractivity contribution in [2.24, 2.45) is 0 Å². The molecule has 1 heterocycles. The molecule has 1 aliphatic heterocycles. The number of nitro benzene ring substituents is 1. The summed E-state index contributed by atoms with van der Waals surface area (Å²) in [5, 5.41) is 10.7. The van der Waals surface area contributed by atoms with E-state index >= 15 is 0 Å². The number of piperazine rings is 1. The third kappa shape index (κ3) is 3.51. The first-order valence-corrected chi connectivity index (χ1v) is 7.80. The van der Waals surface area contributed by atoms with Crippen molar-refractivity contribution in [2.45, 2.75) is 6.54 Å². The van der Waals surface area contributed by atoms with Crippen LogP contribution in [0.15, 0.2) is 42.5 Å². The van der Waals surface area contributed by atoms with Gasteiger partial charge >= 0.3 is 0 Å². The van der Waals surface area contributed by atoms with E-state index in [9.17, 15) is 18.9 Å². The monoisotopic (exact) mass is 334 g/mol. The summed E-state index contributed by atoms with van der Waals surface area (Å²) >= 11 is 0. The van der Waals surface area contributed by atoms with Crippen LogP contribution in [0.2, 0.25) is 0 Å². The molecule has 0 radical (unpaired) electrons. The second-order valence-electron chi connectivity index (χ2n) is 5.89. The zero-order chi connectivity index (χ0) is 17.1. The number of halogens is 2. The van der Waals surface area contributed by atoms with Crippen molar-refractivity contribution in [3.63, 3.8) is 0 Å². The first-order valence-electron chi connectivity index (χ1n) is 7.80. The minimum absolute atomic E-state index is 0.0676. The summed E-state index contributed by atoms with van der Waals surface area (Å²) in [6.45, 7) is 3.31. The first kappa shape index (κ1) is 16.3. The van der Waals surface area contributed by atoms with Gasteiger partial charge in [0.25, 0.3) is 5.69 Å². The Morgan fingerprint density at radius 2 is 1.62 bits per heavy atom. The number of quaternary nitrogens is 1. The van der Waals surface area contributed by atoms with E-state index < -0.39 is 16.6 Å². The molecule has 0 aliphatic carbocycles. The Kier molecular flexibility index (Phi) is 4.71. The molecule has 0 spiro atoms. The summed E-state index contributed by atoms with van der Waals surface area (Å²) in [5.74, 6) is -0.999. The quantitative estimate of drug-likeness (QED) is 0.685. The van der Waals surface area contributed by atoms with Gasteiger partial charge in [0.2, 0.25) is 0 Å². The predicted octanol–water partition coefficient (Wildman–Crippen LogP) is 1.78. The van der Waals surface area contributed by atoms with Crippen LogP contribution in [0.1, 0.15) is 5.56 Å². The molecule has 126 valence electrons. The standard InChI is InChI=1S/C17H17F2N3O2/c18-16-2-1-3-17(19)15(16)12-20-8-10-21(11-9-20)13-4-6-14(7-5-13)22(23)24/h1-7H,8-12H2/p+1. The van der Waals surface area contributed by atoms with Crippen molar-refractivity contribution >= 4 is 11.4 Å². The zero-order valence-electron chi connectivity index (χ0n) is 13.0. The average molecular weight is 334 g/mol. The number of rotatable bonds is 4. The molecule has 1 aliphatic rings. The molecular weight excluding hydrogens is 316 g/mol. The molecule has 3 rings (SSSR count). The van der Waals surface area contributed by atoms with Gasteiger partial charge in [0.05, 0.1) is 36.7 Å². The van der Waals surface area contributed by atoms with Crippen molar-refractivity contribution in [3.05, 3.63) is 69.8 Å². The van der Waals surface area contributed by atoms with Crippen LogP contribution in [0.3, 0.4) is 0 Å². The number of nitrogens with zero attached hydrogens (tertiary/aromatic N) is 2. The van der Waals surface area contributed by atoms with Gasteiger partial charge in [-0.2, -0.15) is 0 Å². The van der Waals surface area contributed by atoms with Crippen molar-refractivity contribution in [3.8, 4) is 0 Å². The number of hydrogen-bond donors (Lipinski definition) is 1. The molecule has 0 saturated carbocycles. The van der Waals surface area contributed by atoms with Gasteiger partial charge in [0.1, 0.15) is 18.2 Å². The number of non-ortho nitro benzene ring substituents is 1. The molecule has 0 bridgehead atoms. The summed E-state index contributed by atoms with van der Waals surface area (Å²) in [5.41, 5.74) is 1.13. The molecule has 0 atom stereocenters. The number of hydrogen-bond acceptors (Lipinski definition) is 3. The normalized spacial score (nSPS) is 15.5. The van der Waals surface area contributed by atoms with E-state index in [1.54, 1.807) is 12.1 Å². The Morgan fingerprint density at radius 3 is 2.17 bits per heavy atom. The lowest BCUT2D eigenvalue weighted by Crippen LogP contribution is -3.13. The highest BCUT2D eigenvalue weighted by Crippen LogP contribution is 2.19. The Balaban J connectivity index is 1.60. The summed E-state index contributed by atoms with van der Waals surface area (Å²) in [4.78, 5) is 13.5. The number of nitro groups is 1. The summed E-state index contributed by atoms with van der Waals surface area (Å²) < 4.78 is 27.5. The van der Waals surface area contributed by atoms with Gasteiger partial charge in [0.15, 0.2) is 0 Å². The van der Waals surface area contributed by atoms with Gasteiger partial charge in [-0.1, -0.05) is 6.07 Å². The largest absolute Gasteiger partial charge is 0.360 e. The molecule has 0 aromatic heterocycles. The third-order valence-electron chi connectivity index (χ3n) is 4.38. The summed E-state index contributed by atoms with van der Waals surface area (Å²) in [6.07, 6.45) is 0. The van der Waals surface area contributed by atoms with Crippen molar-refractivity contribution in [1.82, 2.24) is 0 Å². The van der Waals surface area contributed by atoms with Crippen LogP contribution in [0, 0.1) is 21.7 Å². The molecule has 5 nitrogen and oxygen atoms in total. The van der Waals surface area contributed by atoms with Gasteiger partial charge in [-0.15, -0.1) is 0 Å². The molecule has 2 aromatic rings.